The highest BCUT2D eigenvalue weighted by atomic mass is 16.5. The molecule has 0 atom stereocenters. The van der Waals surface area contributed by atoms with Crippen molar-refractivity contribution in [2.24, 2.45) is 0 Å². The molecule has 1 aromatic heterocycles. The minimum absolute atomic E-state index is 0.000105. The average molecular weight is 505 g/mol. The van der Waals surface area contributed by atoms with Gasteiger partial charge in [-0.1, -0.05) is 31.5 Å². The SMILES string of the molecule is CCCc1c(OCCCOc2ccccc2C(=O)NCCCCc2cccnc2)ccc(C(C)=O)c1O. The zero-order valence-corrected chi connectivity index (χ0v) is 21.7. The minimum atomic E-state index is -0.178. The highest BCUT2D eigenvalue weighted by Crippen LogP contribution is 2.33. The largest absolute Gasteiger partial charge is 0.507 e. The Labute approximate surface area is 218 Å². The molecular formula is C30H36N2O5. The summed E-state index contributed by atoms with van der Waals surface area (Å²) < 4.78 is 11.8. The van der Waals surface area contributed by atoms with E-state index >= 15 is 0 Å². The number of ether oxygens (including phenoxy) is 2. The zero-order valence-electron chi connectivity index (χ0n) is 21.7. The van der Waals surface area contributed by atoms with Crippen LogP contribution in [0.25, 0.3) is 0 Å². The Morgan fingerprint density at radius 2 is 1.68 bits per heavy atom. The number of para-hydroxylation sites is 1. The highest BCUT2D eigenvalue weighted by molar-refractivity contribution is 5.97. The second-order valence-corrected chi connectivity index (χ2v) is 8.87. The van der Waals surface area contributed by atoms with Crippen LogP contribution in [0.1, 0.15) is 71.4 Å². The van der Waals surface area contributed by atoms with Crippen LogP contribution in [0.2, 0.25) is 0 Å². The third-order valence-corrected chi connectivity index (χ3v) is 5.96. The maximum Gasteiger partial charge on any atom is 0.255 e. The quantitative estimate of drug-likeness (QED) is 0.208. The topological polar surface area (TPSA) is 97.8 Å². The molecule has 7 nitrogen and oxygen atoms in total. The number of aryl methyl sites for hydroxylation is 1. The first kappa shape index (κ1) is 27.7. The summed E-state index contributed by atoms with van der Waals surface area (Å²) >= 11 is 0. The summed E-state index contributed by atoms with van der Waals surface area (Å²) in [6, 6.07) is 14.5. The van der Waals surface area contributed by atoms with Gasteiger partial charge in [0, 0.05) is 30.9 Å². The number of pyridine rings is 1. The van der Waals surface area contributed by atoms with Crippen LogP contribution in [-0.2, 0) is 12.8 Å². The summed E-state index contributed by atoms with van der Waals surface area (Å²) in [4.78, 5) is 28.6. The number of carbonyl (C=O) groups excluding carboxylic acids is 2. The van der Waals surface area contributed by atoms with Gasteiger partial charge in [0.15, 0.2) is 5.78 Å². The fourth-order valence-electron chi connectivity index (χ4n) is 4.03. The highest BCUT2D eigenvalue weighted by Gasteiger charge is 2.16. The lowest BCUT2D eigenvalue weighted by atomic mass is 10.0. The monoisotopic (exact) mass is 504 g/mol. The molecule has 0 spiro atoms. The molecule has 3 aromatic rings. The summed E-state index contributed by atoms with van der Waals surface area (Å²) in [5.41, 5.74) is 2.66. The number of nitrogens with one attached hydrogen (secondary N) is 1. The van der Waals surface area contributed by atoms with Crippen LogP contribution >= 0.6 is 0 Å². The van der Waals surface area contributed by atoms with Crippen LogP contribution in [0.3, 0.4) is 0 Å². The van der Waals surface area contributed by atoms with E-state index in [9.17, 15) is 14.7 Å². The second kappa shape index (κ2) is 14.6. The number of hydrogen-bond acceptors (Lipinski definition) is 6. The summed E-state index contributed by atoms with van der Waals surface area (Å²) in [6.45, 7) is 4.78. The lowest BCUT2D eigenvalue weighted by Gasteiger charge is -2.15. The number of nitrogens with zero attached hydrogens (tertiary/aromatic N) is 1. The Bertz CT molecular complexity index is 1160. The first-order valence-corrected chi connectivity index (χ1v) is 12.9. The Kier molecular flexibility index (Phi) is 11.0. The van der Waals surface area contributed by atoms with Gasteiger partial charge < -0.3 is 19.9 Å². The molecule has 3 rings (SSSR count). The van der Waals surface area contributed by atoms with E-state index in [-0.39, 0.29) is 17.4 Å². The summed E-state index contributed by atoms with van der Waals surface area (Å²) in [5.74, 6) is 0.777. The Morgan fingerprint density at radius 1 is 0.892 bits per heavy atom. The lowest BCUT2D eigenvalue weighted by molar-refractivity contribution is 0.0947. The van der Waals surface area contributed by atoms with E-state index in [1.165, 1.54) is 12.5 Å². The first-order chi connectivity index (χ1) is 18.0. The lowest BCUT2D eigenvalue weighted by Crippen LogP contribution is -2.25. The van der Waals surface area contributed by atoms with E-state index < -0.39 is 0 Å². The number of hydrogen-bond donors (Lipinski definition) is 2. The van der Waals surface area contributed by atoms with E-state index in [0.29, 0.717) is 60.8 Å². The second-order valence-electron chi connectivity index (χ2n) is 8.87. The normalized spacial score (nSPS) is 10.6. The van der Waals surface area contributed by atoms with Gasteiger partial charge in [-0.3, -0.25) is 14.6 Å². The molecule has 1 heterocycles. The Balaban J connectivity index is 1.44. The van der Waals surface area contributed by atoms with Crippen molar-refractivity contribution in [1.82, 2.24) is 10.3 Å². The van der Waals surface area contributed by atoms with Crippen LogP contribution in [0.4, 0.5) is 0 Å². The van der Waals surface area contributed by atoms with Crippen LogP contribution in [0.5, 0.6) is 17.2 Å². The van der Waals surface area contributed by atoms with E-state index in [4.69, 9.17) is 9.47 Å². The minimum Gasteiger partial charge on any atom is -0.507 e. The van der Waals surface area contributed by atoms with Crippen LogP contribution in [0.15, 0.2) is 60.9 Å². The molecule has 0 fully saturated rings. The molecule has 196 valence electrons. The number of aromatic nitrogens is 1. The number of ketones is 1. The smallest absolute Gasteiger partial charge is 0.255 e. The Hall–Kier alpha value is -3.87. The third-order valence-electron chi connectivity index (χ3n) is 5.96. The van der Waals surface area contributed by atoms with E-state index in [1.54, 1.807) is 30.5 Å². The summed E-state index contributed by atoms with van der Waals surface area (Å²) in [6.07, 6.45) is 8.44. The molecule has 0 aliphatic rings. The molecule has 0 unspecified atom stereocenters. The molecule has 0 aliphatic heterocycles. The molecule has 7 heteroatoms. The fourth-order valence-corrected chi connectivity index (χ4v) is 4.03. The van der Waals surface area contributed by atoms with Crippen molar-refractivity contribution in [2.45, 2.75) is 52.4 Å². The predicted octanol–water partition coefficient (Wildman–Crippen LogP) is 5.54. The van der Waals surface area contributed by atoms with Crippen molar-refractivity contribution in [3.8, 4) is 17.2 Å². The first-order valence-electron chi connectivity index (χ1n) is 12.9. The standard InChI is InChI=1S/C30H36N2O5/c1-3-10-25-28(16-15-24(22(2)33)29(25)34)37-20-9-19-36-27-14-5-4-13-26(27)30(35)32-18-7-6-11-23-12-8-17-31-21-23/h4-5,8,12-17,21,34H,3,6-7,9-11,18-20H2,1-2H3,(H,32,35). The van der Waals surface area contributed by atoms with Gasteiger partial charge in [-0.05, 0) is 68.5 Å². The number of amides is 1. The number of phenols is 1. The number of benzene rings is 2. The van der Waals surface area contributed by atoms with Crippen molar-refractivity contribution in [3.05, 3.63) is 83.2 Å². The molecular weight excluding hydrogens is 468 g/mol. The number of Topliss-reactive ketones (excluding diaryl/α,β-unsaturated/α-hetero) is 1. The number of rotatable bonds is 15. The maximum atomic E-state index is 12.7. The van der Waals surface area contributed by atoms with Crippen LogP contribution in [-0.4, -0.2) is 41.5 Å². The van der Waals surface area contributed by atoms with Crippen LogP contribution < -0.4 is 14.8 Å². The van der Waals surface area contributed by atoms with Crippen molar-refractivity contribution in [1.29, 1.82) is 0 Å². The summed E-state index contributed by atoms with van der Waals surface area (Å²) in [5, 5.41) is 13.5. The van der Waals surface area contributed by atoms with Gasteiger partial charge >= 0.3 is 0 Å². The summed E-state index contributed by atoms with van der Waals surface area (Å²) in [7, 11) is 0. The van der Waals surface area contributed by atoms with Gasteiger partial charge in [-0.2, -0.15) is 0 Å². The molecule has 2 aromatic carbocycles. The maximum absolute atomic E-state index is 12.7. The van der Waals surface area contributed by atoms with Gasteiger partial charge in [-0.25, -0.2) is 0 Å². The molecule has 0 bridgehead atoms. The molecule has 0 aliphatic carbocycles. The number of carbonyl (C=O) groups is 2. The van der Waals surface area contributed by atoms with Crippen LogP contribution in [0, 0.1) is 0 Å². The van der Waals surface area contributed by atoms with Gasteiger partial charge in [0.25, 0.3) is 5.91 Å². The zero-order chi connectivity index (χ0) is 26.5. The molecule has 2 N–H and O–H groups in total. The number of aromatic hydroxyl groups is 1. The van der Waals surface area contributed by atoms with E-state index in [0.717, 1.165) is 25.7 Å². The van der Waals surface area contributed by atoms with Gasteiger partial charge in [-0.15, -0.1) is 0 Å². The molecule has 0 saturated carbocycles. The molecule has 0 saturated heterocycles. The predicted molar refractivity (Wildman–Crippen MR) is 144 cm³/mol. The van der Waals surface area contributed by atoms with Crippen molar-refractivity contribution >= 4 is 11.7 Å². The molecule has 0 radical (unpaired) electrons. The van der Waals surface area contributed by atoms with Crippen molar-refractivity contribution in [2.75, 3.05) is 19.8 Å². The number of unbranched alkanes of at least 4 members (excludes halogenated alkanes) is 1. The van der Waals surface area contributed by atoms with Crippen molar-refractivity contribution in [3.63, 3.8) is 0 Å². The molecule has 1 amide bonds. The van der Waals surface area contributed by atoms with E-state index in [1.807, 2.05) is 31.3 Å². The van der Waals surface area contributed by atoms with Crippen molar-refractivity contribution < 1.29 is 24.2 Å². The Morgan fingerprint density at radius 3 is 2.41 bits per heavy atom. The molecule has 37 heavy (non-hydrogen) atoms. The van der Waals surface area contributed by atoms with Gasteiger partial charge in [0.2, 0.25) is 0 Å². The number of phenolic OH excluding ortho intramolecular Hbond substituents is 1. The average Bonchev–Trinajstić information content (AvgIpc) is 2.90. The van der Waals surface area contributed by atoms with Gasteiger partial charge in [0.05, 0.1) is 24.3 Å². The van der Waals surface area contributed by atoms with Gasteiger partial charge in [0.1, 0.15) is 17.2 Å². The fraction of sp³-hybridized carbons (Fsp3) is 0.367. The van der Waals surface area contributed by atoms with E-state index in [2.05, 4.69) is 16.4 Å². The third kappa shape index (κ3) is 8.34.